The van der Waals surface area contributed by atoms with Crippen LogP contribution in [0.4, 0.5) is 0 Å². The Balaban J connectivity index is 4.19. The molecule has 0 aliphatic rings. The lowest BCUT2D eigenvalue weighted by molar-refractivity contribution is 0.125. The molecule has 0 saturated heterocycles. The van der Waals surface area contributed by atoms with E-state index in [1.54, 1.807) is 21.3 Å². The number of rotatable bonds is 7. The largest absolute Gasteiger partial charge is 0.499 e. The van der Waals surface area contributed by atoms with E-state index in [0.717, 1.165) is 12.1 Å². The van der Waals surface area contributed by atoms with Crippen molar-refractivity contribution in [2.24, 2.45) is 0 Å². The molecule has 0 aromatic heterocycles. The van der Waals surface area contributed by atoms with Crippen molar-refractivity contribution in [3.8, 4) is 0 Å². The topological polar surface area (TPSA) is 47.9 Å². The Morgan fingerprint density at radius 1 is 0.929 bits per heavy atom. The summed E-state index contributed by atoms with van der Waals surface area (Å²) in [4.78, 5) is 0. The molecule has 0 aliphatic heterocycles. The Morgan fingerprint density at radius 2 is 1.36 bits per heavy atom. The van der Waals surface area contributed by atoms with Crippen LogP contribution < -0.4 is 0 Å². The monoisotopic (exact) mass is 238 g/mol. The van der Waals surface area contributed by atoms with Crippen molar-refractivity contribution in [3.05, 3.63) is 0 Å². The highest BCUT2D eigenvalue weighted by atomic mass is 28.4. The summed E-state index contributed by atoms with van der Waals surface area (Å²) < 4.78 is 15.9. The molecule has 0 radical (unpaired) electrons. The van der Waals surface area contributed by atoms with E-state index in [2.05, 4.69) is 13.1 Å². The van der Waals surface area contributed by atoms with Gasteiger partial charge in [0.25, 0.3) is 0 Å². The average Bonchev–Trinajstić information content (AvgIpc) is 2.21. The van der Waals surface area contributed by atoms with Gasteiger partial charge in [0.05, 0.1) is 8.07 Å². The molecule has 1 N–H and O–H groups in total. The summed E-state index contributed by atoms with van der Waals surface area (Å²) in [6.45, 7) is 4.29. The predicted molar refractivity (Wildman–Crippen MR) is 61.0 cm³/mol. The first-order chi connectivity index (χ1) is 6.45. The van der Waals surface area contributed by atoms with E-state index in [1.807, 2.05) is 0 Å². The molecule has 14 heavy (non-hydrogen) atoms. The second-order valence-electron chi connectivity index (χ2n) is 4.12. The Labute approximate surface area is 88.6 Å². The number of hydrogen-bond donors (Lipinski definition) is 1. The average molecular weight is 238 g/mol. The fourth-order valence-electron chi connectivity index (χ4n) is 1.13. The van der Waals surface area contributed by atoms with E-state index in [1.165, 1.54) is 0 Å². The maximum absolute atomic E-state index is 9.16. The maximum Gasteiger partial charge on any atom is 0.499 e. The van der Waals surface area contributed by atoms with E-state index in [0.29, 0.717) is 6.23 Å². The van der Waals surface area contributed by atoms with Crippen molar-refractivity contribution >= 4 is 16.9 Å². The first kappa shape index (κ1) is 14.3. The summed E-state index contributed by atoms with van der Waals surface area (Å²) in [5, 5.41) is 9.16. The zero-order chi connectivity index (χ0) is 11.2. The summed E-state index contributed by atoms with van der Waals surface area (Å²) >= 11 is 0. The molecule has 0 fully saturated rings. The third-order valence-electron chi connectivity index (χ3n) is 2.47. The van der Waals surface area contributed by atoms with Crippen LogP contribution in [-0.4, -0.2) is 49.5 Å². The lowest BCUT2D eigenvalue weighted by Crippen LogP contribution is -2.45. The van der Waals surface area contributed by atoms with Gasteiger partial charge in [-0.2, -0.15) is 0 Å². The summed E-state index contributed by atoms with van der Waals surface area (Å²) in [6, 6.07) is 1.75. The molecule has 0 aromatic rings. The van der Waals surface area contributed by atoms with Gasteiger partial charge < -0.3 is 18.4 Å². The lowest BCUT2D eigenvalue weighted by atomic mass is 10.9. The third-order valence-corrected chi connectivity index (χ3v) is 8.16. The van der Waals surface area contributed by atoms with Gasteiger partial charge in [-0.15, -0.1) is 0 Å². The Kier molecular flexibility index (Phi) is 6.11. The van der Waals surface area contributed by atoms with Crippen molar-refractivity contribution in [2.45, 2.75) is 25.2 Å². The summed E-state index contributed by atoms with van der Waals surface area (Å²) in [5.41, 5.74) is 0. The van der Waals surface area contributed by atoms with E-state index in [-0.39, 0.29) is 0 Å². The standard InChI is InChI=1S/C8H22O4Si2/c1-10-14(11-2,12-3)7-6-13(4,5)8-9/h9H,6-8H2,1-5H3. The second kappa shape index (κ2) is 5.99. The van der Waals surface area contributed by atoms with Gasteiger partial charge in [0, 0.05) is 33.6 Å². The third kappa shape index (κ3) is 4.20. The predicted octanol–water partition coefficient (Wildman–Crippen LogP) is 1.10. The van der Waals surface area contributed by atoms with Crippen LogP contribution in [0, 0.1) is 0 Å². The molecular weight excluding hydrogens is 216 g/mol. The highest BCUT2D eigenvalue weighted by Crippen LogP contribution is 2.21. The number of aliphatic hydroxyl groups is 1. The van der Waals surface area contributed by atoms with Crippen molar-refractivity contribution in [1.29, 1.82) is 0 Å². The van der Waals surface area contributed by atoms with Crippen LogP contribution in [-0.2, 0) is 13.3 Å². The quantitative estimate of drug-likeness (QED) is 0.675. The number of hydrogen-bond acceptors (Lipinski definition) is 4. The van der Waals surface area contributed by atoms with Gasteiger partial charge in [0.15, 0.2) is 0 Å². The van der Waals surface area contributed by atoms with Gasteiger partial charge in [-0.1, -0.05) is 19.1 Å². The van der Waals surface area contributed by atoms with E-state index in [9.17, 15) is 0 Å². The molecular formula is C8H22O4Si2. The highest BCUT2D eigenvalue weighted by molar-refractivity contribution is 6.78. The van der Waals surface area contributed by atoms with Gasteiger partial charge in [-0.25, -0.2) is 0 Å². The molecule has 4 nitrogen and oxygen atoms in total. The first-order valence-corrected chi connectivity index (χ1v) is 10.1. The first-order valence-electron chi connectivity index (χ1n) is 4.71. The van der Waals surface area contributed by atoms with Crippen LogP contribution in [0.2, 0.25) is 25.2 Å². The SMILES string of the molecule is CO[Si](CC[Si](C)(C)CO)(OC)OC. The Bertz CT molecular complexity index is 151. The van der Waals surface area contributed by atoms with Crippen LogP contribution in [0.25, 0.3) is 0 Å². The fraction of sp³-hybridized carbons (Fsp3) is 1.00. The summed E-state index contributed by atoms with van der Waals surface area (Å²) in [5.74, 6) is 0. The number of aliphatic hydroxyl groups excluding tert-OH is 1. The van der Waals surface area contributed by atoms with Crippen LogP contribution in [0.3, 0.4) is 0 Å². The summed E-state index contributed by atoms with van der Waals surface area (Å²) in [7, 11) is 0.948. The normalized spacial score (nSPS) is 13.3. The zero-order valence-electron chi connectivity index (χ0n) is 9.79. The smallest absolute Gasteiger partial charge is 0.400 e. The highest BCUT2D eigenvalue weighted by Gasteiger charge is 2.39. The molecule has 0 saturated carbocycles. The molecule has 0 rings (SSSR count). The molecule has 0 amide bonds. The van der Waals surface area contributed by atoms with Crippen molar-refractivity contribution in [2.75, 3.05) is 27.6 Å². The fourth-order valence-corrected chi connectivity index (χ4v) is 6.33. The van der Waals surface area contributed by atoms with Gasteiger partial charge in [0.1, 0.15) is 0 Å². The molecule has 0 heterocycles. The molecule has 0 atom stereocenters. The Hall–Kier alpha value is 0.274. The van der Waals surface area contributed by atoms with Crippen molar-refractivity contribution in [1.82, 2.24) is 0 Å². The lowest BCUT2D eigenvalue weighted by Gasteiger charge is -2.27. The van der Waals surface area contributed by atoms with E-state index >= 15 is 0 Å². The molecule has 0 unspecified atom stereocenters. The van der Waals surface area contributed by atoms with Gasteiger partial charge in [-0.3, -0.25) is 0 Å². The minimum atomic E-state index is -2.42. The zero-order valence-corrected chi connectivity index (χ0v) is 11.8. The minimum absolute atomic E-state index is 0.300. The Morgan fingerprint density at radius 3 is 1.64 bits per heavy atom. The van der Waals surface area contributed by atoms with Gasteiger partial charge in [-0.05, 0) is 0 Å². The molecule has 0 aromatic carbocycles. The molecule has 0 bridgehead atoms. The van der Waals surface area contributed by atoms with Crippen molar-refractivity contribution < 1.29 is 18.4 Å². The van der Waals surface area contributed by atoms with E-state index < -0.39 is 16.9 Å². The van der Waals surface area contributed by atoms with E-state index in [4.69, 9.17) is 18.4 Å². The van der Waals surface area contributed by atoms with Gasteiger partial charge >= 0.3 is 8.80 Å². The minimum Gasteiger partial charge on any atom is -0.400 e. The van der Waals surface area contributed by atoms with Crippen molar-refractivity contribution in [3.63, 3.8) is 0 Å². The molecule has 6 heteroatoms. The van der Waals surface area contributed by atoms with Crippen LogP contribution in [0.5, 0.6) is 0 Å². The van der Waals surface area contributed by atoms with Crippen LogP contribution >= 0.6 is 0 Å². The molecule has 0 aliphatic carbocycles. The maximum atomic E-state index is 9.16. The second-order valence-corrected chi connectivity index (χ2v) is 12.4. The van der Waals surface area contributed by atoms with Crippen LogP contribution in [0.1, 0.15) is 0 Å². The summed E-state index contributed by atoms with van der Waals surface area (Å²) in [6.07, 6.45) is 0.300. The van der Waals surface area contributed by atoms with Crippen LogP contribution in [0.15, 0.2) is 0 Å². The molecule has 86 valence electrons. The molecule has 0 spiro atoms. The van der Waals surface area contributed by atoms with Gasteiger partial charge in [0.2, 0.25) is 0 Å².